The number of hydrogen-bond donors (Lipinski definition) is 0. The third-order valence-electron chi connectivity index (χ3n) is 3.79. The van der Waals surface area contributed by atoms with Gasteiger partial charge in [0.05, 0.1) is 0 Å². The standard InChI is InChI=1S/C18H12Br2O2/c1-10-16(8-11-6-12(19)9-13(20)7-11)18(22)15-5-3-2-4-14(15)17(10)21/h2-7,9H,8H2,1H3. The maximum absolute atomic E-state index is 12.7. The van der Waals surface area contributed by atoms with Crippen LogP contribution in [0.2, 0.25) is 0 Å². The predicted octanol–water partition coefficient (Wildman–Crippen LogP) is 5.15. The zero-order valence-corrected chi connectivity index (χ0v) is 15.0. The molecule has 1 aliphatic rings. The predicted molar refractivity (Wildman–Crippen MR) is 93.3 cm³/mol. The second-order valence-electron chi connectivity index (χ2n) is 5.26. The SMILES string of the molecule is CC1=C(Cc2cc(Br)cc(Br)c2)C(=O)c2ccccc2C1=O. The Hall–Kier alpha value is -1.52. The Bertz CT molecular complexity index is 814. The molecule has 2 nitrogen and oxygen atoms in total. The molecule has 0 radical (unpaired) electrons. The Labute approximate surface area is 145 Å². The van der Waals surface area contributed by atoms with Gasteiger partial charge >= 0.3 is 0 Å². The summed E-state index contributed by atoms with van der Waals surface area (Å²) in [5, 5.41) is 0. The van der Waals surface area contributed by atoms with E-state index in [0.29, 0.717) is 28.7 Å². The maximum atomic E-state index is 12.7. The maximum Gasteiger partial charge on any atom is 0.190 e. The zero-order valence-electron chi connectivity index (χ0n) is 11.8. The lowest BCUT2D eigenvalue weighted by Gasteiger charge is -2.19. The Kier molecular flexibility index (Phi) is 4.15. The van der Waals surface area contributed by atoms with Gasteiger partial charge in [-0.25, -0.2) is 0 Å². The van der Waals surface area contributed by atoms with Crippen molar-refractivity contribution in [2.45, 2.75) is 13.3 Å². The van der Waals surface area contributed by atoms with Crippen LogP contribution < -0.4 is 0 Å². The highest BCUT2D eigenvalue weighted by atomic mass is 79.9. The second-order valence-corrected chi connectivity index (χ2v) is 7.09. The number of benzene rings is 2. The molecule has 2 aromatic rings. The van der Waals surface area contributed by atoms with Crippen molar-refractivity contribution in [2.75, 3.05) is 0 Å². The molecule has 0 fully saturated rings. The van der Waals surface area contributed by atoms with Gasteiger partial charge < -0.3 is 0 Å². The van der Waals surface area contributed by atoms with Gasteiger partial charge in [-0.2, -0.15) is 0 Å². The summed E-state index contributed by atoms with van der Waals surface area (Å²) in [6.07, 6.45) is 0.447. The van der Waals surface area contributed by atoms with Gasteiger partial charge in [-0.15, -0.1) is 0 Å². The number of ketones is 2. The highest BCUT2D eigenvalue weighted by molar-refractivity contribution is 9.11. The molecule has 0 unspecified atom stereocenters. The third-order valence-corrected chi connectivity index (χ3v) is 4.70. The highest BCUT2D eigenvalue weighted by Gasteiger charge is 2.29. The first kappa shape index (κ1) is 15.4. The third kappa shape index (κ3) is 2.73. The van der Waals surface area contributed by atoms with Crippen molar-refractivity contribution >= 4 is 43.4 Å². The first-order valence-electron chi connectivity index (χ1n) is 6.80. The minimum atomic E-state index is -0.0562. The molecule has 3 rings (SSSR count). The quantitative estimate of drug-likeness (QED) is 0.674. The molecule has 110 valence electrons. The van der Waals surface area contributed by atoms with Crippen LogP contribution in [0.1, 0.15) is 33.2 Å². The molecule has 0 saturated heterocycles. The zero-order chi connectivity index (χ0) is 15.9. The lowest BCUT2D eigenvalue weighted by molar-refractivity contribution is 0.0973. The first-order chi connectivity index (χ1) is 10.5. The topological polar surface area (TPSA) is 34.1 Å². The fraction of sp³-hybridized carbons (Fsp3) is 0.111. The molecule has 4 heteroatoms. The van der Waals surface area contributed by atoms with Crippen molar-refractivity contribution < 1.29 is 9.59 Å². The van der Waals surface area contributed by atoms with E-state index >= 15 is 0 Å². The van der Waals surface area contributed by atoms with E-state index < -0.39 is 0 Å². The number of fused-ring (bicyclic) bond motifs is 1. The summed E-state index contributed by atoms with van der Waals surface area (Å²) < 4.78 is 1.87. The molecule has 0 aliphatic heterocycles. The normalized spacial score (nSPS) is 14.3. The van der Waals surface area contributed by atoms with Crippen LogP contribution >= 0.6 is 31.9 Å². The van der Waals surface area contributed by atoms with Gasteiger partial charge in [0.2, 0.25) is 0 Å². The molecule has 0 spiro atoms. The largest absolute Gasteiger partial charge is 0.289 e. The van der Waals surface area contributed by atoms with E-state index in [1.807, 2.05) is 18.2 Å². The Morgan fingerprint density at radius 1 is 0.864 bits per heavy atom. The van der Waals surface area contributed by atoms with Crippen LogP contribution in [0.4, 0.5) is 0 Å². The van der Waals surface area contributed by atoms with Gasteiger partial charge in [-0.3, -0.25) is 9.59 Å². The summed E-state index contributed by atoms with van der Waals surface area (Å²) in [5.41, 5.74) is 3.11. The molecule has 22 heavy (non-hydrogen) atoms. The molecule has 0 bridgehead atoms. The summed E-state index contributed by atoms with van der Waals surface area (Å²) in [4.78, 5) is 25.2. The van der Waals surface area contributed by atoms with Gasteiger partial charge in [0.15, 0.2) is 11.6 Å². The van der Waals surface area contributed by atoms with E-state index in [0.717, 1.165) is 14.5 Å². The number of Topliss-reactive ketones (excluding diaryl/α,β-unsaturated/α-hetero) is 2. The molecular weight excluding hydrogens is 408 g/mol. The molecule has 0 N–H and O–H groups in total. The summed E-state index contributed by atoms with van der Waals surface area (Å²) in [6, 6.07) is 12.9. The summed E-state index contributed by atoms with van der Waals surface area (Å²) in [7, 11) is 0. The minimum absolute atomic E-state index is 0.0520. The molecule has 1 aliphatic carbocycles. The van der Waals surface area contributed by atoms with Gasteiger partial charge in [0.25, 0.3) is 0 Å². The first-order valence-corrected chi connectivity index (χ1v) is 8.39. The average Bonchev–Trinajstić information content (AvgIpc) is 2.48. The number of halogens is 2. The van der Waals surface area contributed by atoms with Crippen LogP contribution in [0.25, 0.3) is 0 Å². The number of carbonyl (C=O) groups excluding carboxylic acids is 2. The smallest absolute Gasteiger partial charge is 0.190 e. The molecule has 0 amide bonds. The summed E-state index contributed by atoms with van der Waals surface area (Å²) >= 11 is 6.90. The molecular formula is C18H12Br2O2. The molecule has 2 aromatic carbocycles. The van der Waals surface area contributed by atoms with Crippen LogP contribution in [0.15, 0.2) is 62.6 Å². The van der Waals surface area contributed by atoms with Crippen LogP contribution in [0.3, 0.4) is 0 Å². The number of carbonyl (C=O) groups is 2. The van der Waals surface area contributed by atoms with Crippen molar-refractivity contribution in [2.24, 2.45) is 0 Å². The minimum Gasteiger partial charge on any atom is -0.289 e. The van der Waals surface area contributed by atoms with E-state index in [1.54, 1.807) is 31.2 Å². The van der Waals surface area contributed by atoms with Gasteiger partial charge in [0, 0.05) is 37.6 Å². The average molecular weight is 420 g/mol. The Morgan fingerprint density at radius 2 is 1.41 bits per heavy atom. The van der Waals surface area contributed by atoms with Crippen molar-refractivity contribution in [1.82, 2.24) is 0 Å². The van der Waals surface area contributed by atoms with E-state index in [-0.39, 0.29) is 11.6 Å². The Balaban J connectivity index is 2.05. The molecule has 0 heterocycles. The van der Waals surface area contributed by atoms with E-state index in [1.165, 1.54) is 0 Å². The molecule has 0 aromatic heterocycles. The lowest BCUT2D eigenvalue weighted by atomic mass is 9.82. The lowest BCUT2D eigenvalue weighted by Crippen LogP contribution is -2.22. The van der Waals surface area contributed by atoms with Crippen molar-refractivity contribution in [1.29, 1.82) is 0 Å². The fourth-order valence-electron chi connectivity index (χ4n) is 2.68. The van der Waals surface area contributed by atoms with Crippen molar-refractivity contribution in [3.8, 4) is 0 Å². The van der Waals surface area contributed by atoms with Gasteiger partial charge in [-0.05, 0) is 30.7 Å². The van der Waals surface area contributed by atoms with E-state index in [2.05, 4.69) is 31.9 Å². The van der Waals surface area contributed by atoms with Crippen LogP contribution in [0, 0.1) is 0 Å². The monoisotopic (exact) mass is 418 g/mol. The van der Waals surface area contributed by atoms with Crippen molar-refractivity contribution in [3.63, 3.8) is 0 Å². The number of rotatable bonds is 2. The highest BCUT2D eigenvalue weighted by Crippen LogP contribution is 2.29. The van der Waals surface area contributed by atoms with Crippen molar-refractivity contribution in [3.05, 3.63) is 79.2 Å². The van der Waals surface area contributed by atoms with E-state index in [4.69, 9.17) is 0 Å². The number of hydrogen-bond acceptors (Lipinski definition) is 2. The second kappa shape index (κ2) is 5.94. The van der Waals surface area contributed by atoms with E-state index in [9.17, 15) is 9.59 Å². The summed E-state index contributed by atoms with van der Waals surface area (Å²) in [6.45, 7) is 1.73. The number of allylic oxidation sites excluding steroid dienone is 2. The Morgan fingerprint density at radius 3 is 2.00 bits per heavy atom. The molecule has 0 saturated carbocycles. The summed E-state index contributed by atoms with van der Waals surface area (Å²) in [5.74, 6) is -0.108. The van der Waals surface area contributed by atoms with Crippen LogP contribution in [-0.2, 0) is 6.42 Å². The van der Waals surface area contributed by atoms with Gasteiger partial charge in [-0.1, -0.05) is 56.1 Å². The van der Waals surface area contributed by atoms with Gasteiger partial charge in [0.1, 0.15) is 0 Å². The van der Waals surface area contributed by atoms with Crippen LogP contribution in [-0.4, -0.2) is 11.6 Å². The fourth-order valence-corrected chi connectivity index (χ4v) is 4.07. The van der Waals surface area contributed by atoms with Crippen LogP contribution in [0.5, 0.6) is 0 Å². The molecule has 0 atom stereocenters.